The summed E-state index contributed by atoms with van der Waals surface area (Å²) in [6, 6.07) is 8.31. The van der Waals surface area contributed by atoms with Crippen LogP contribution in [0.5, 0.6) is 5.75 Å². The van der Waals surface area contributed by atoms with Crippen LogP contribution in [0.3, 0.4) is 0 Å². The van der Waals surface area contributed by atoms with E-state index in [0.717, 1.165) is 73.3 Å². The number of amides is 1. The van der Waals surface area contributed by atoms with E-state index in [-0.39, 0.29) is 28.8 Å². The van der Waals surface area contributed by atoms with Crippen molar-refractivity contribution < 1.29 is 19.0 Å². The van der Waals surface area contributed by atoms with Gasteiger partial charge < -0.3 is 25.8 Å². The molecular weight excluding hydrogens is 495 g/mol. The second kappa shape index (κ2) is 11.0. The Labute approximate surface area is 231 Å². The Morgan fingerprint density at radius 2 is 1.95 bits per heavy atom. The molecule has 1 aromatic carbocycles. The highest BCUT2D eigenvalue weighted by molar-refractivity contribution is 5.73. The molecular formula is C31H43FN4O3. The first kappa shape index (κ1) is 27.8. The summed E-state index contributed by atoms with van der Waals surface area (Å²) in [6.45, 7) is 8.41. The summed E-state index contributed by atoms with van der Waals surface area (Å²) < 4.78 is 20.1. The third-order valence-electron chi connectivity index (χ3n) is 8.01. The fraction of sp³-hybridized carbons (Fsp3) is 0.613. The number of ether oxygens (including phenoxy) is 1. The van der Waals surface area contributed by atoms with Gasteiger partial charge in [-0.25, -0.2) is 9.37 Å². The molecule has 1 spiro atoms. The smallest absolute Gasteiger partial charge is 0.217 e. The van der Waals surface area contributed by atoms with Crippen molar-refractivity contribution in [3.63, 3.8) is 0 Å². The molecule has 1 aromatic heterocycles. The SMILES string of the molecule is CC(=O)N[C@@H](Cc1ccc(F)cc1)[C@@H](O)CN[C@H]1CC2(CCC2)Oc2c1cc(CC(C)(C)C)nc2NC1CC1. The summed E-state index contributed by atoms with van der Waals surface area (Å²) in [5.74, 6) is 1.18. The van der Waals surface area contributed by atoms with Crippen molar-refractivity contribution >= 4 is 11.7 Å². The molecule has 3 atom stereocenters. The second-order valence-electron chi connectivity index (χ2n) is 13.0. The molecule has 0 bridgehead atoms. The third kappa shape index (κ3) is 7.09. The number of carbonyl (C=O) groups excluding carboxylic acids is 1. The fourth-order valence-electron chi connectivity index (χ4n) is 5.75. The van der Waals surface area contributed by atoms with Gasteiger partial charge in [0.15, 0.2) is 11.6 Å². The maximum atomic E-state index is 13.4. The van der Waals surface area contributed by atoms with Gasteiger partial charge >= 0.3 is 0 Å². The minimum Gasteiger partial charge on any atom is -0.483 e. The van der Waals surface area contributed by atoms with Gasteiger partial charge in [0, 0.05) is 43.2 Å². The molecule has 7 nitrogen and oxygen atoms in total. The maximum Gasteiger partial charge on any atom is 0.217 e. The van der Waals surface area contributed by atoms with Gasteiger partial charge in [-0.3, -0.25) is 4.79 Å². The summed E-state index contributed by atoms with van der Waals surface area (Å²) >= 11 is 0. The summed E-state index contributed by atoms with van der Waals surface area (Å²) in [4.78, 5) is 17.0. The molecule has 1 aliphatic heterocycles. The van der Waals surface area contributed by atoms with Gasteiger partial charge in [-0.1, -0.05) is 32.9 Å². The van der Waals surface area contributed by atoms with Crippen molar-refractivity contribution in [1.29, 1.82) is 0 Å². The normalized spacial score (nSPS) is 21.3. The van der Waals surface area contributed by atoms with Crippen molar-refractivity contribution in [1.82, 2.24) is 15.6 Å². The first-order valence-electron chi connectivity index (χ1n) is 14.4. The van der Waals surface area contributed by atoms with Gasteiger partial charge in [-0.15, -0.1) is 0 Å². The number of rotatable bonds is 10. The number of hydrogen-bond acceptors (Lipinski definition) is 6. The topological polar surface area (TPSA) is 95.5 Å². The lowest BCUT2D eigenvalue weighted by Gasteiger charge is -2.48. The van der Waals surface area contributed by atoms with Gasteiger partial charge in [0.2, 0.25) is 5.91 Å². The molecule has 2 saturated carbocycles. The largest absolute Gasteiger partial charge is 0.483 e. The van der Waals surface area contributed by atoms with Crippen molar-refractivity contribution in [2.45, 2.75) is 109 Å². The molecule has 8 heteroatoms. The average molecular weight is 539 g/mol. The van der Waals surface area contributed by atoms with Crippen LogP contribution in [0.4, 0.5) is 10.2 Å². The molecule has 2 fully saturated rings. The van der Waals surface area contributed by atoms with Crippen LogP contribution < -0.4 is 20.7 Å². The molecule has 4 N–H and O–H groups in total. The van der Waals surface area contributed by atoms with E-state index in [1.165, 1.54) is 19.1 Å². The van der Waals surface area contributed by atoms with Gasteiger partial charge in [0.05, 0.1) is 12.1 Å². The van der Waals surface area contributed by atoms with E-state index < -0.39 is 12.1 Å². The highest BCUT2D eigenvalue weighted by atomic mass is 19.1. The lowest BCUT2D eigenvalue weighted by Crippen LogP contribution is -2.52. The fourth-order valence-corrected chi connectivity index (χ4v) is 5.75. The average Bonchev–Trinajstić information content (AvgIpc) is 3.65. The van der Waals surface area contributed by atoms with E-state index >= 15 is 0 Å². The molecule has 2 aliphatic carbocycles. The first-order valence-corrected chi connectivity index (χ1v) is 14.4. The molecule has 0 radical (unpaired) electrons. The molecule has 212 valence electrons. The Bertz CT molecular complexity index is 1170. The zero-order valence-corrected chi connectivity index (χ0v) is 23.6. The molecule has 2 aromatic rings. The third-order valence-corrected chi connectivity index (χ3v) is 8.01. The maximum absolute atomic E-state index is 13.4. The monoisotopic (exact) mass is 538 g/mol. The second-order valence-corrected chi connectivity index (χ2v) is 13.0. The predicted molar refractivity (Wildman–Crippen MR) is 150 cm³/mol. The van der Waals surface area contributed by atoms with E-state index in [4.69, 9.17) is 9.72 Å². The number of nitrogens with zero attached hydrogens (tertiary/aromatic N) is 1. The number of halogens is 1. The van der Waals surface area contributed by atoms with Crippen molar-refractivity contribution in [3.8, 4) is 5.75 Å². The van der Waals surface area contributed by atoms with Crippen molar-refractivity contribution in [3.05, 3.63) is 53.0 Å². The van der Waals surface area contributed by atoms with Crippen LogP contribution in [0.25, 0.3) is 0 Å². The standard InChI is InChI=1S/C31H43FN4O3/c1-19(37)34-25(14-20-6-8-21(32)9-7-20)27(38)18-33-26-17-31(12-5-13-31)39-28-24(26)15-23(16-30(2,3)4)36-29(28)35-22-10-11-22/h6-9,15,22,25-27,33,38H,5,10-14,16-18H2,1-4H3,(H,34,37)(H,35,36)/t25-,26-,27-/m0/s1. The highest BCUT2D eigenvalue weighted by Crippen LogP contribution is 2.51. The van der Waals surface area contributed by atoms with E-state index in [1.54, 1.807) is 12.1 Å². The highest BCUT2D eigenvalue weighted by Gasteiger charge is 2.47. The summed E-state index contributed by atoms with van der Waals surface area (Å²) in [7, 11) is 0. The van der Waals surface area contributed by atoms with Gasteiger partial charge in [0.1, 0.15) is 11.4 Å². The molecule has 5 rings (SSSR count). The van der Waals surface area contributed by atoms with Crippen molar-refractivity contribution in [2.75, 3.05) is 11.9 Å². The number of aliphatic hydroxyl groups is 1. The minimum absolute atomic E-state index is 0.00558. The lowest BCUT2D eigenvalue weighted by molar-refractivity contribution is -0.120. The van der Waals surface area contributed by atoms with Crippen LogP contribution in [-0.4, -0.2) is 46.3 Å². The molecule has 2 heterocycles. The van der Waals surface area contributed by atoms with E-state index in [2.05, 4.69) is 42.8 Å². The molecule has 1 amide bonds. The summed E-state index contributed by atoms with van der Waals surface area (Å²) in [5, 5.41) is 21.4. The Morgan fingerprint density at radius 3 is 2.54 bits per heavy atom. The summed E-state index contributed by atoms with van der Waals surface area (Å²) in [5.41, 5.74) is 2.87. The Kier molecular flexibility index (Phi) is 7.89. The Hall–Kier alpha value is -2.71. The van der Waals surface area contributed by atoms with Gasteiger partial charge in [-0.2, -0.15) is 0 Å². The number of hydrogen-bond donors (Lipinski definition) is 4. The van der Waals surface area contributed by atoms with Crippen LogP contribution in [0.15, 0.2) is 30.3 Å². The number of aromatic nitrogens is 1. The number of aliphatic hydroxyl groups excluding tert-OH is 1. The van der Waals surface area contributed by atoms with Crippen LogP contribution >= 0.6 is 0 Å². The van der Waals surface area contributed by atoms with Crippen LogP contribution in [0.1, 0.15) is 89.1 Å². The quantitative estimate of drug-likeness (QED) is 0.346. The van der Waals surface area contributed by atoms with E-state index in [0.29, 0.717) is 19.0 Å². The zero-order chi connectivity index (χ0) is 27.8. The van der Waals surface area contributed by atoms with Crippen LogP contribution in [0, 0.1) is 11.2 Å². The summed E-state index contributed by atoms with van der Waals surface area (Å²) in [6.07, 6.45) is 6.73. The van der Waals surface area contributed by atoms with Crippen molar-refractivity contribution in [2.24, 2.45) is 5.41 Å². The molecule has 39 heavy (non-hydrogen) atoms. The number of pyridine rings is 1. The van der Waals surface area contributed by atoms with Crippen LogP contribution in [-0.2, 0) is 17.6 Å². The Morgan fingerprint density at radius 1 is 1.23 bits per heavy atom. The number of carbonyl (C=O) groups is 1. The molecule has 3 aliphatic rings. The molecule has 0 saturated heterocycles. The first-order chi connectivity index (χ1) is 18.5. The minimum atomic E-state index is -0.831. The zero-order valence-electron chi connectivity index (χ0n) is 23.6. The van der Waals surface area contributed by atoms with E-state index in [9.17, 15) is 14.3 Å². The number of fused-ring (bicyclic) bond motifs is 1. The lowest BCUT2D eigenvalue weighted by atomic mass is 9.72. The van der Waals surface area contributed by atoms with E-state index in [1.807, 2.05) is 0 Å². The number of nitrogens with one attached hydrogen (secondary N) is 3. The predicted octanol–water partition coefficient (Wildman–Crippen LogP) is 4.83. The Balaban J connectivity index is 1.38. The van der Waals surface area contributed by atoms with Gasteiger partial charge in [0.25, 0.3) is 0 Å². The number of anilines is 1. The molecule has 0 unspecified atom stereocenters. The van der Waals surface area contributed by atoms with Crippen LogP contribution in [0.2, 0.25) is 0 Å². The van der Waals surface area contributed by atoms with Gasteiger partial charge in [-0.05, 0) is 74.1 Å². The number of benzene rings is 1.